The van der Waals surface area contributed by atoms with E-state index in [0.717, 1.165) is 11.3 Å². The molecule has 0 bridgehead atoms. The Balaban J connectivity index is 1.77. The summed E-state index contributed by atoms with van der Waals surface area (Å²) in [5.41, 5.74) is 2.37. The van der Waals surface area contributed by atoms with Crippen LogP contribution in [0.3, 0.4) is 0 Å². The van der Waals surface area contributed by atoms with Gasteiger partial charge in [-0.3, -0.25) is 4.79 Å². The number of carbonyl (C=O) groups excluding carboxylic acids is 2. The van der Waals surface area contributed by atoms with Crippen molar-refractivity contribution in [2.24, 2.45) is 4.99 Å². The molecule has 0 aliphatic carbocycles. The molecule has 1 aliphatic heterocycles. The van der Waals surface area contributed by atoms with Crippen molar-refractivity contribution in [3.8, 4) is 0 Å². The van der Waals surface area contributed by atoms with E-state index < -0.39 is 6.09 Å². The SMILES string of the molecule is CN1C(=O)/C(=N\C(=O)OCc2ccccc2)c2ccccc21. The van der Waals surface area contributed by atoms with Crippen molar-refractivity contribution in [1.29, 1.82) is 0 Å². The highest BCUT2D eigenvalue weighted by Crippen LogP contribution is 2.27. The minimum Gasteiger partial charge on any atom is -0.443 e. The number of likely N-dealkylation sites (N-methyl/N-ethyl adjacent to an activating group) is 1. The number of para-hydroxylation sites is 1. The average molecular weight is 294 g/mol. The smallest absolute Gasteiger partial charge is 0.434 e. The van der Waals surface area contributed by atoms with E-state index in [0.29, 0.717) is 5.56 Å². The third kappa shape index (κ3) is 2.61. The van der Waals surface area contributed by atoms with Gasteiger partial charge < -0.3 is 9.64 Å². The summed E-state index contributed by atoms with van der Waals surface area (Å²) in [4.78, 5) is 29.3. The highest BCUT2D eigenvalue weighted by Gasteiger charge is 2.31. The first-order valence-corrected chi connectivity index (χ1v) is 6.83. The van der Waals surface area contributed by atoms with Crippen LogP contribution in [0.4, 0.5) is 10.5 Å². The number of rotatable bonds is 2. The molecule has 0 radical (unpaired) electrons. The normalized spacial score (nSPS) is 15.0. The van der Waals surface area contributed by atoms with Gasteiger partial charge in [0, 0.05) is 12.6 Å². The molecule has 3 rings (SSSR count). The number of anilines is 1. The van der Waals surface area contributed by atoms with E-state index in [4.69, 9.17) is 4.74 Å². The van der Waals surface area contributed by atoms with Crippen LogP contribution in [0.2, 0.25) is 0 Å². The zero-order chi connectivity index (χ0) is 15.5. The molecule has 0 saturated carbocycles. The second kappa shape index (κ2) is 5.81. The molecule has 2 aromatic carbocycles. The zero-order valence-corrected chi connectivity index (χ0v) is 12.0. The Hall–Kier alpha value is -2.95. The number of aliphatic imine (C=N–C) groups is 1. The maximum atomic E-state index is 12.2. The Morgan fingerprint density at radius 1 is 1.09 bits per heavy atom. The van der Waals surface area contributed by atoms with E-state index in [2.05, 4.69) is 4.99 Å². The van der Waals surface area contributed by atoms with Gasteiger partial charge >= 0.3 is 6.09 Å². The molecule has 0 N–H and O–H groups in total. The predicted molar refractivity (Wildman–Crippen MR) is 83.0 cm³/mol. The number of carbonyl (C=O) groups is 2. The molecule has 2 amide bonds. The van der Waals surface area contributed by atoms with E-state index in [9.17, 15) is 9.59 Å². The Morgan fingerprint density at radius 2 is 1.77 bits per heavy atom. The number of amides is 2. The van der Waals surface area contributed by atoms with Gasteiger partial charge in [0.15, 0.2) is 0 Å². The van der Waals surface area contributed by atoms with E-state index in [1.165, 1.54) is 4.90 Å². The fourth-order valence-corrected chi connectivity index (χ4v) is 2.30. The summed E-state index contributed by atoms with van der Waals surface area (Å²) in [6.07, 6.45) is -0.766. The van der Waals surface area contributed by atoms with E-state index in [1.807, 2.05) is 42.5 Å². The summed E-state index contributed by atoms with van der Waals surface area (Å²) in [6, 6.07) is 16.5. The van der Waals surface area contributed by atoms with Crippen molar-refractivity contribution in [2.45, 2.75) is 6.61 Å². The van der Waals surface area contributed by atoms with Crippen molar-refractivity contribution >= 4 is 23.4 Å². The van der Waals surface area contributed by atoms with Gasteiger partial charge in [-0.2, -0.15) is 4.99 Å². The van der Waals surface area contributed by atoms with Crippen LogP contribution in [0.1, 0.15) is 11.1 Å². The molecule has 0 unspecified atom stereocenters. The van der Waals surface area contributed by atoms with Gasteiger partial charge in [-0.25, -0.2) is 4.79 Å². The molecule has 110 valence electrons. The van der Waals surface area contributed by atoms with Gasteiger partial charge in [0.2, 0.25) is 0 Å². The molecule has 0 saturated heterocycles. The minimum absolute atomic E-state index is 0.121. The Bertz CT molecular complexity index is 754. The summed E-state index contributed by atoms with van der Waals surface area (Å²) in [5, 5.41) is 0. The molecular weight excluding hydrogens is 280 g/mol. The third-order valence-corrected chi connectivity index (χ3v) is 3.44. The minimum atomic E-state index is -0.766. The number of ether oxygens (including phenoxy) is 1. The highest BCUT2D eigenvalue weighted by molar-refractivity contribution is 6.55. The van der Waals surface area contributed by atoms with Crippen molar-refractivity contribution in [2.75, 3.05) is 11.9 Å². The Labute approximate surface area is 127 Å². The van der Waals surface area contributed by atoms with Crippen molar-refractivity contribution in [3.63, 3.8) is 0 Å². The Morgan fingerprint density at radius 3 is 2.55 bits per heavy atom. The van der Waals surface area contributed by atoms with Gasteiger partial charge in [0.05, 0.1) is 5.69 Å². The van der Waals surface area contributed by atoms with Crippen LogP contribution in [0.5, 0.6) is 0 Å². The molecule has 2 aromatic rings. The lowest BCUT2D eigenvalue weighted by Gasteiger charge is -2.07. The first-order chi connectivity index (χ1) is 10.7. The highest BCUT2D eigenvalue weighted by atomic mass is 16.5. The van der Waals surface area contributed by atoms with E-state index in [-0.39, 0.29) is 18.2 Å². The van der Waals surface area contributed by atoms with Crippen LogP contribution < -0.4 is 4.90 Å². The van der Waals surface area contributed by atoms with Gasteiger partial charge in [-0.15, -0.1) is 0 Å². The fourth-order valence-electron chi connectivity index (χ4n) is 2.30. The van der Waals surface area contributed by atoms with Crippen molar-refractivity contribution in [3.05, 3.63) is 65.7 Å². The number of hydrogen-bond donors (Lipinski definition) is 0. The fraction of sp³-hybridized carbons (Fsp3) is 0.118. The molecule has 5 nitrogen and oxygen atoms in total. The molecule has 5 heteroatoms. The van der Waals surface area contributed by atoms with Crippen molar-refractivity contribution in [1.82, 2.24) is 0 Å². The summed E-state index contributed by atoms with van der Waals surface area (Å²) in [7, 11) is 1.65. The second-order valence-electron chi connectivity index (χ2n) is 4.88. The van der Waals surface area contributed by atoms with Crippen LogP contribution >= 0.6 is 0 Å². The summed E-state index contributed by atoms with van der Waals surface area (Å²) in [5.74, 6) is -0.308. The van der Waals surface area contributed by atoms with Gasteiger partial charge in [-0.05, 0) is 11.6 Å². The number of fused-ring (bicyclic) bond motifs is 1. The summed E-state index contributed by atoms with van der Waals surface area (Å²) >= 11 is 0. The lowest BCUT2D eigenvalue weighted by atomic mass is 10.1. The van der Waals surface area contributed by atoms with Crippen LogP contribution in [-0.4, -0.2) is 24.8 Å². The molecule has 0 aromatic heterocycles. The molecule has 1 aliphatic rings. The van der Waals surface area contributed by atoms with Crippen LogP contribution in [0.15, 0.2) is 59.6 Å². The topological polar surface area (TPSA) is 59.0 Å². The quantitative estimate of drug-likeness (QED) is 0.855. The Kier molecular flexibility index (Phi) is 3.70. The lowest BCUT2D eigenvalue weighted by Crippen LogP contribution is -2.26. The number of benzene rings is 2. The molecule has 1 heterocycles. The molecule has 22 heavy (non-hydrogen) atoms. The number of nitrogens with zero attached hydrogens (tertiary/aromatic N) is 2. The first kappa shape index (κ1) is 14.0. The maximum Gasteiger partial charge on any atom is 0.434 e. The molecule has 0 atom stereocenters. The third-order valence-electron chi connectivity index (χ3n) is 3.44. The monoisotopic (exact) mass is 294 g/mol. The second-order valence-corrected chi connectivity index (χ2v) is 4.88. The van der Waals surface area contributed by atoms with E-state index >= 15 is 0 Å². The molecule has 0 fully saturated rings. The van der Waals surface area contributed by atoms with Gasteiger partial charge in [-0.1, -0.05) is 48.5 Å². The van der Waals surface area contributed by atoms with Crippen LogP contribution in [0, 0.1) is 0 Å². The standard InChI is InChI=1S/C17H14N2O3/c1-19-14-10-6-5-9-13(14)15(16(19)20)18-17(21)22-11-12-7-3-2-4-8-12/h2-10H,11H2,1H3/b18-15-. The van der Waals surface area contributed by atoms with Gasteiger partial charge in [0.1, 0.15) is 12.3 Å². The van der Waals surface area contributed by atoms with Gasteiger partial charge in [0.25, 0.3) is 5.91 Å². The largest absolute Gasteiger partial charge is 0.443 e. The average Bonchev–Trinajstić information content (AvgIpc) is 2.79. The summed E-state index contributed by atoms with van der Waals surface area (Å²) < 4.78 is 5.09. The van der Waals surface area contributed by atoms with Crippen LogP contribution in [0.25, 0.3) is 0 Å². The number of hydrogen-bond acceptors (Lipinski definition) is 3. The molecule has 0 spiro atoms. The van der Waals surface area contributed by atoms with E-state index in [1.54, 1.807) is 19.2 Å². The zero-order valence-electron chi connectivity index (χ0n) is 12.0. The molecular formula is C17H14N2O3. The lowest BCUT2D eigenvalue weighted by molar-refractivity contribution is -0.111. The maximum absolute atomic E-state index is 12.2. The summed E-state index contributed by atoms with van der Waals surface area (Å²) in [6.45, 7) is 0.127. The predicted octanol–water partition coefficient (Wildman–Crippen LogP) is 2.79. The van der Waals surface area contributed by atoms with Crippen molar-refractivity contribution < 1.29 is 14.3 Å². The first-order valence-electron chi connectivity index (χ1n) is 6.83. The van der Waals surface area contributed by atoms with Crippen LogP contribution in [-0.2, 0) is 16.1 Å².